The van der Waals surface area contributed by atoms with Crippen LogP contribution in [0.3, 0.4) is 0 Å². The lowest BCUT2D eigenvalue weighted by Gasteiger charge is -2.33. The molecule has 0 bridgehead atoms. The molecule has 1 aromatic rings. The molecule has 3 N–H and O–H groups in total. The first kappa shape index (κ1) is 13.1. The van der Waals surface area contributed by atoms with E-state index in [9.17, 15) is 4.79 Å². The van der Waals surface area contributed by atoms with E-state index in [4.69, 9.17) is 5.73 Å². The van der Waals surface area contributed by atoms with Crippen LogP contribution in [0.25, 0.3) is 0 Å². The summed E-state index contributed by atoms with van der Waals surface area (Å²) in [6.07, 6.45) is 2.18. The van der Waals surface area contributed by atoms with Gasteiger partial charge in [0.15, 0.2) is 0 Å². The van der Waals surface area contributed by atoms with E-state index in [2.05, 4.69) is 34.5 Å². The number of hydrogen-bond donors (Lipinski definition) is 2. The highest BCUT2D eigenvalue weighted by molar-refractivity contribution is 5.78. The molecule has 4 heteroatoms. The number of nitrogens with two attached hydrogens (primary N) is 1. The van der Waals surface area contributed by atoms with E-state index in [-0.39, 0.29) is 18.5 Å². The minimum Gasteiger partial charge on any atom is -0.351 e. The summed E-state index contributed by atoms with van der Waals surface area (Å²) >= 11 is 0. The molecule has 98 valence electrons. The summed E-state index contributed by atoms with van der Waals surface area (Å²) < 4.78 is 0. The second-order valence-electron chi connectivity index (χ2n) is 4.83. The first-order valence-corrected chi connectivity index (χ1v) is 6.53. The topological polar surface area (TPSA) is 58.4 Å². The molecule has 1 unspecified atom stereocenters. The van der Waals surface area contributed by atoms with Gasteiger partial charge in [-0.1, -0.05) is 30.3 Å². The summed E-state index contributed by atoms with van der Waals surface area (Å²) in [6.45, 7) is 3.05. The Kier molecular flexibility index (Phi) is 4.73. The lowest BCUT2D eigenvalue weighted by molar-refractivity contribution is -0.120. The van der Waals surface area contributed by atoms with Crippen molar-refractivity contribution in [1.29, 1.82) is 0 Å². The Morgan fingerprint density at radius 1 is 1.39 bits per heavy atom. The van der Waals surface area contributed by atoms with Crippen LogP contribution in [0.15, 0.2) is 30.3 Å². The minimum absolute atomic E-state index is 0.0541. The average Bonchev–Trinajstić information content (AvgIpc) is 2.40. The van der Waals surface area contributed by atoms with Gasteiger partial charge in [-0.3, -0.25) is 9.69 Å². The molecule has 1 aliphatic heterocycles. The van der Waals surface area contributed by atoms with Gasteiger partial charge in [0.1, 0.15) is 0 Å². The Labute approximate surface area is 108 Å². The van der Waals surface area contributed by atoms with Crippen molar-refractivity contribution in [3.8, 4) is 0 Å². The van der Waals surface area contributed by atoms with Crippen LogP contribution < -0.4 is 11.1 Å². The fraction of sp³-hybridized carbons (Fsp3) is 0.500. The third-order valence-electron chi connectivity index (χ3n) is 3.31. The van der Waals surface area contributed by atoms with Crippen molar-refractivity contribution < 1.29 is 4.79 Å². The van der Waals surface area contributed by atoms with Crippen molar-refractivity contribution >= 4 is 5.91 Å². The van der Waals surface area contributed by atoms with Gasteiger partial charge >= 0.3 is 0 Å². The summed E-state index contributed by atoms with van der Waals surface area (Å²) in [5.74, 6) is -0.0541. The Balaban J connectivity index is 1.85. The van der Waals surface area contributed by atoms with E-state index in [1.807, 2.05) is 6.07 Å². The SMILES string of the molecule is NCC(=O)NC1CCCN(Cc2ccccc2)C1. The van der Waals surface area contributed by atoms with E-state index in [1.165, 1.54) is 5.56 Å². The van der Waals surface area contributed by atoms with Gasteiger partial charge in [-0.2, -0.15) is 0 Å². The smallest absolute Gasteiger partial charge is 0.233 e. The zero-order valence-corrected chi connectivity index (χ0v) is 10.6. The lowest BCUT2D eigenvalue weighted by atomic mass is 10.0. The molecule has 0 aromatic heterocycles. The maximum atomic E-state index is 11.3. The predicted molar refractivity (Wildman–Crippen MR) is 71.9 cm³/mol. The molecule has 1 saturated heterocycles. The normalized spacial score (nSPS) is 20.6. The largest absolute Gasteiger partial charge is 0.351 e. The molecule has 1 heterocycles. The van der Waals surface area contributed by atoms with Crippen LogP contribution in [0.5, 0.6) is 0 Å². The van der Waals surface area contributed by atoms with Crippen molar-refractivity contribution in [2.45, 2.75) is 25.4 Å². The summed E-state index contributed by atoms with van der Waals surface area (Å²) in [7, 11) is 0. The van der Waals surface area contributed by atoms with E-state index < -0.39 is 0 Å². The van der Waals surface area contributed by atoms with Crippen molar-refractivity contribution in [3.05, 3.63) is 35.9 Å². The van der Waals surface area contributed by atoms with Crippen LogP contribution in [0, 0.1) is 0 Å². The van der Waals surface area contributed by atoms with Crippen LogP contribution in [0.1, 0.15) is 18.4 Å². The number of nitrogens with zero attached hydrogens (tertiary/aromatic N) is 1. The summed E-state index contributed by atoms with van der Waals surface area (Å²) in [6, 6.07) is 10.7. The summed E-state index contributed by atoms with van der Waals surface area (Å²) in [4.78, 5) is 13.7. The molecule has 0 saturated carbocycles. The number of likely N-dealkylation sites (tertiary alicyclic amines) is 1. The zero-order valence-electron chi connectivity index (χ0n) is 10.6. The van der Waals surface area contributed by atoms with Gasteiger partial charge in [0.05, 0.1) is 6.54 Å². The fourth-order valence-corrected chi connectivity index (χ4v) is 2.45. The molecule has 1 amide bonds. The third-order valence-corrected chi connectivity index (χ3v) is 3.31. The molecule has 0 aliphatic carbocycles. The van der Waals surface area contributed by atoms with Gasteiger partial charge in [-0.05, 0) is 24.9 Å². The zero-order chi connectivity index (χ0) is 12.8. The Bertz CT molecular complexity index is 380. The fourth-order valence-electron chi connectivity index (χ4n) is 2.45. The van der Waals surface area contributed by atoms with Crippen LogP contribution in [0.4, 0.5) is 0 Å². The van der Waals surface area contributed by atoms with Gasteiger partial charge in [0.2, 0.25) is 5.91 Å². The van der Waals surface area contributed by atoms with Gasteiger partial charge in [0, 0.05) is 19.1 Å². The highest BCUT2D eigenvalue weighted by Crippen LogP contribution is 2.13. The van der Waals surface area contributed by atoms with E-state index in [1.54, 1.807) is 0 Å². The van der Waals surface area contributed by atoms with Gasteiger partial charge in [0.25, 0.3) is 0 Å². The second-order valence-corrected chi connectivity index (χ2v) is 4.83. The number of benzene rings is 1. The number of carbonyl (C=O) groups is 1. The molecule has 2 rings (SSSR count). The maximum absolute atomic E-state index is 11.3. The molecular formula is C14H21N3O. The van der Waals surface area contributed by atoms with Crippen LogP contribution >= 0.6 is 0 Å². The minimum atomic E-state index is -0.0541. The van der Waals surface area contributed by atoms with Crippen LogP contribution in [0.2, 0.25) is 0 Å². The number of rotatable bonds is 4. The number of carbonyl (C=O) groups excluding carboxylic acids is 1. The first-order valence-electron chi connectivity index (χ1n) is 6.53. The van der Waals surface area contributed by atoms with Crippen LogP contribution in [-0.2, 0) is 11.3 Å². The molecule has 1 aromatic carbocycles. The van der Waals surface area contributed by atoms with Gasteiger partial charge < -0.3 is 11.1 Å². The molecule has 0 radical (unpaired) electrons. The Morgan fingerprint density at radius 2 is 2.17 bits per heavy atom. The second kappa shape index (κ2) is 6.52. The molecule has 4 nitrogen and oxygen atoms in total. The average molecular weight is 247 g/mol. The molecule has 0 spiro atoms. The summed E-state index contributed by atoms with van der Waals surface area (Å²) in [5, 5.41) is 2.98. The molecular weight excluding hydrogens is 226 g/mol. The van der Waals surface area contributed by atoms with E-state index in [0.29, 0.717) is 0 Å². The molecule has 1 aliphatic rings. The van der Waals surface area contributed by atoms with Crippen molar-refractivity contribution in [2.75, 3.05) is 19.6 Å². The van der Waals surface area contributed by atoms with Crippen molar-refractivity contribution in [3.63, 3.8) is 0 Å². The number of piperidine rings is 1. The van der Waals surface area contributed by atoms with E-state index in [0.717, 1.165) is 32.5 Å². The van der Waals surface area contributed by atoms with Crippen molar-refractivity contribution in [1.82, 2.24) is 10.2 Å². The van der Waals surface area contributed by atoms with Gasteiger partial charge in [-0.15, -0.1) is 0 Å². The molecule has 1 fully saturated rings. The van der Waals surface area contributed by atoms with Crippen LogP contribution in [-0.4, -0.2) is 36.5 Å². The molecule has 1 atom stereocenters. The monoisotopic (exact) mass is 247 g/mol. The summed E-state index contributed by atoms with van der Waals surface area (Å²) in [5.41, 5.74) is 6.64. The van der Waals surface area contributed by atoms with Gasteiger partial charge in [-0.25, -0.2) is 0 Å². The Morgan fingerprint density at radius 3 is 2.89 bits per heavy atom. The molecule has 18 heavy (non-hydrogen) atoms. The first-order chi connectivity index (χ1) is 8.78. The van der Waals surface area contributed by atoms with E-state index >= 15 is 0 Å². The lowest BCUT2D eigenvalue weighted by Crippen LogP contribution is -2.48. The Hall–Kier alpha value is -1.39. The highest BCUT2D eigenvalue weighted by atomic mass is 16.1. The standard InChI is InChI=1S/C14H21N3O/c15-9-14(18)16-13-7-4-8-17(11-13)10-12-5-2-1-3-6-12/h1-3,5-6,13H,4,7-11,15H2,(H,16,18). The number of hydrogen-bond acceptors (Lipinski definition) is 3. The number of nitrogens with one attached hydrogen (secondary N) is 1. The maximum Gasteiger partial charge on any atom is 0.233 e. The highest BCUT2D eigenvalue weighted by Gasteiger charge is 2.20. The third kappa shape index (κ3) is 3.82. The number of amides is 1. The quantitative estimate of drug-likeness (QED) is 0.824. The predicted octanol–water partition coefficient (Wildman–Crippen LogP) is 0.726. The van der Waals surface area contributed by atoms with Crippen molar-refractivity contribution in [2.24, 2.45) is 5.73 Å².